The second kappa shape index (κ2) is 11.9. The van der Waals surface area contributed by atoms with Crippen molar-refractivity contribution in [1.82, 2.24) is 9.55 Å². The number of unbranched alkanes of at least 4 members (excludes halogenated alkanes) is 4. The maximum absolute atomic E-state index is 6.14. The van der Waals surface area contributed by atoms with Crippen LogP contribution in [0.25, 0.3) is 0 Å². The van der Waals surface area contributed by atoms with Gasteiger partial charge < -0.3 is 4.57 Å². The lowest BCUT2D eigenvalue weighted by Gasteiger charge is -2.17. The molecular weight excluding hydrogens is 371 g/mol. The van der Waals surface area contributed by atoms with Crippen LogP contribution in [-0.4, -0.2) is 14.8 Å². The van der Waals surface area contributed by atoms with E-state index in [4.69, 9.17) is 23.2 Å². The summed E-state index contributed by atoms with van der Waals surface area (Å²) in [5, 5.41) is 1.94. The molecule has 0 aliphatic heterocycles. The molecule has 25 heavy (non-hydrogen) atoms. The summed E-state index contributed by atoms with van der Waals surface area (Å²) in [5.74, 6) is 0.987. The van der Waals surface area contributed by atoms with E-state index in [0.717, 1.165) is 12.3 Å². The van der Waals surface area contributed by atoms with Gasteiger partial charge in [-0.2, -0.15) is 11.8 Å². The van der Waals surface area contributed by atoms with Gasteiger partial charge in [0.1, 0.15) is 0 Å². The first-order valence-corrected chi connectivity index (χ1v) is 11.0. The van der Waals surface area contributed by atoms with E-state index < -0.39 is 0 Å². The predicted octanol–water partition coefficient (Wildman–Crippen LogP) is 7.24. The van der Waals surface area contributed by atoms with Gasteiger partial charge in [0.15, 0.2) is 0 Å². The van der Waals surface area contributed by atoms with Crippen molar-refractivity contribution in [2.75, 3.05) is 0 Å². The molecule has 0 saturated carbocycles. The molecule has 2 rings (SSSR count). The van der Waals surface area contributed by atoms with E-state index in [-0.39, 0.29) is 0 Å². The molecule has 0 N–H and O–H groups in total. The number of imidazole rings is 1. The Morgan fingerprint density at radius 1 is 1.08 bits per heavy atom. The molecule has 0 bridgehead atoms. The largest absolute Gasteiger partial charge is 0.337 e. The van der Waals surface area contributed by atoms with Gasteiger partial charge in [0, 0.05) is 29.9 Å². The predicted molar refractivity (Wildman–Crippen MR) is 112 cm³/mol. The van der Waals surface area contributed by atoms with Gasteiger partial charge in [0.25, 0.3) is 0 Å². The van der Waals surface area contributed by atoms with E-state index in [1.165, 1.54) is 50.5 Å². The summed E-state index contributed by atoms with van der Waals surface area (Å²) in [7, 11) is 0. The number of rotatable bonds is 12. The maximum Gasteiger partial charge on any atom is 0.0945 e. The summed E-state index contributed by atoms with van der Waals surface area (Å²) in [6.07, 6.45) is 15.0. The molecule has 5 heteroatoms. The summed E-state index contributed by atoms with van der Waals surface area (Å²) in [6, 6.07) is 5.96. The fourth-order valence-electron chi connectivity index (χ4n) is 2.84. The molecule has 1 aromatic carbocycles. The fourth-order valence-corrected chi connectivity index (χ4v) is 4.38. The van der Waals surface area contributed by atoms with E-state index >= 15 is 0 Å². The fraction of sp³-hybridized carbons (Fsp3) is 0.550. The van der Waals surface area contributed by atoms with Crippen LogP contribution in [0, 0.1) is 0 Å². The van der Waals surface area contributed by atoms with Crippen LogP contribution in [0.1, 0.15) is 57.4 Å². The van der Waals surface area contributed by atoms with Crippen LogP contribution in [0.5, 0.6) is 0 Å². The van der Waals surface area contributed by atoms with Crippen LogP contribution < -0.4 is 0 Å². The lowest BCUT2D eigenvalue weighted by molar-refractivity contribution is 0.553. The van der Waals surface area contributed by atoms with Crippen LogP contribution in [0.3, 0.4) is 0 Å². The average Bonchev–Trinajstić information content (AvgIpc) is 3.13. The van der Waals surface area contributed by atoms with Crippen molar-refractivity contribution < 1.29 is 0 Å². The van der Waals surface area contributed by atoms with Crippen molar-refractivity contribution in [1.29, 1.82) is 0 Å². The topological polar surface area (TPSA) is 17.8 Å². The second-order valence-corrected chi connectivity index (χ2v) is 8.58. The van der Waals surface area contributed by atoms with Gasteiger partial charge in [-0.25, -0.2) is 4.98 Å². The van der Waals surface area contributed by atoms with E-state index in [0.29, 0.717) is 15.3 Å². The molecule has 2 aromatic rings. The van der Waals surface area contributed by atoms with Gasteiger partial charge in [-0.3, -0.25) is 0 Å². The summed E-state index contributed by atoms with van der Waals surface area (Å²) >= 11 is 14.2. The molecule has 0 aliphatic carbocycles. The van der Waals surface area contributed by atoms with Gasteiger partial charge in [-0.05, 0) is 30.5 Å². The van der Waals surface area contributed by atoms with Crippen molar-refractivity contribution in [2.45, 2.75) is 69.4 Å². The molecule has 1 heterocycles. The highest BCUT2D eigenvalue weighted by atomic mass is 35.5. The molecule has 2 nitrogen and oxygen atoms in total. The molecule has 1 aromatic heterocycles. The highest BCUT2D eigenvalue weighted by Crippen LogP contribution is 2.29. The second-order valence-electron chi connectivity index (χ2n) is 6.47. The first-order valence-electron chi connectivity index (χ1n) is 9.20. The number of aromatic nitrogens is 2. The average molecular weight is 399 g/mol. The number of aryl methyl sites for hydroxylation is 1. The van der Waals surface area contributed by atoms with Crippen molar-refractivity contribution >= 4 is 35.0 Å². The highest BCUT2D eigenvalue weighted by molar-refractivity contribution is 7.99. The van der Waals surface area contributed by atoms with E-state index in [2.05, 4.69) is 22.5 Å². The number of thioether (sulfide) groups is 1. The molecule has 138 valence electrons. The normalized spacial score (nSPS) is 12.4. The van der Waals surface area contributed by atoms with Gasteiger partial charge in [0.2, 0.25) is 0 Å². The van der Waals surface area contributed by atoms with Gasteiger partial charge in [-0.1, -0.05) is 68.3 Å². The van der Waals surface area contributed by atoms with E-state index in [1.807, 2.05) is 42.6 Å². The van der Waals surface area contributed by atoms with Crippen LogP contribution in [0.4, 0.5) is 0 Å². The van der Waals surface area contributed by atoms with E-state index in [9.17, 15) is 0 Å². The molecular formula is C20H28Cl2N2S. The molecule has 0 spiro atoms. The van der Waals surface area contributed by atoms with E-state index in [1.54, 1.807) is 0 Å². The highest BCUT2D eigenvalue weighted by Gasteiger charge is 2.11. The maximum atomic E-state index is 6.14. The first-order chi connectivity index (χ1) is 12.2. The molecule has 0 fully saturated rings. The zero-order valence-corrected chi connectivity index (χ0v) is 17.3. The van der Waals surface area contributed by atoms with Crippen LogP contribution in [0.2, 0.25) is 10.0 Å². The minimum atomic E-state index is 0.628. The summed E-state index contributed by atoms with van der Waals surface area (Å²) in [6.45, 7) is 3.30. The van der Waals surface area contributed by atoms with Crippen molar-refractivity contribution in [3.05, 3.63) is 52.5 Å². The number of hydrogen-bond donors (Lipinski definition) is 0. The standard InChI is InChI=1S/C20H28Cl2N2S/c1-2-3-4-5-6-7-18(10-12-24-13-11-23-16-24)25-15-17-8-9-19(21)20(22)14-17/h8-9,11,13-14,16,18H,2-7,10,12,15H2,1H3. The SMILES string of the molecule is CCCCCCCC(CCn1ccnc1)SCc1ccc(Cl)c(Cl)c1. The Bertz CT molecular complexity index is 602. The van der Waals surface area contributed by atoms with Crippen LogP contribution >= 0.6 is 35.0 Å². The third-order valence-corrected chi connectivity index (χ3v) is 6.55. The Morgan fingerprint density at radius 3 is 2.64 bits per heavy atom. The van der Waals surface area contributed by atoms with Crippen molar-refractivity contribution in [2.24, 2.45) is 0 Å². The molecule has 0 saturated heterocycles. The minimum Gasteiger partial charge on any atom is -0.337 e. The minimum absolute atomic E-state index is 0.628. The van der Waals surface area contributed by atoms with Gasteiger partial charge in [0.05, 0.1) is 16.4 Å². The Morgan fingerprint density at radius 2 is 1.92 bits per heavy atom. The monoisotopic (exact) mass is 398 g/mol. The molecule has 0 aliphatic rings. The smallest absolute Gasteiger partial charge is 0.0945 e. The molecule has 0 radical (unpaired) electrons. The number of benzene rings is 1. The number of halogens is 2. The Kier molecular flexibility index (Phi) is 9.82. The third-order valence-electron chi connectivity index (χ3n) is 4.37. The van der Waals surface area contributed by atoms with Crippen molar-refractivity contribution in [3.8, 4) is 0 Å². The quantitative estimate of drug-likeness (QED) is 0.350. The third kappa shape index (κ3) is 8.06. The number of nitrogens with zero attached hydrogens (tertiary/aromatic N) is 2. The van der Waals surface area contributed by atoms with Gasteiger partial charge in [-0.15, -0.1) is 0 Å². The van der Waals surface area contributed by atoms with Crippen LogP contribution in [-0.2, 0) is 12.3 Å². The summed E-state index contributed by atoms with van der Waals surface area (Å²) in [5.41, 5.74) is 1.25. The summed E-state index contributed by atoms with van der Waals surface area (Å²) < 4.78 is 2.17. The molecule has 0 amide bonds. The first kappa shape index (κ1) is 20.7. The Hall–Kier alpha value is -0.640. The summed E-state index contributed by atoms with van der Waals surface area (Å²) in [4.78, 5) is 4.14. The zero-order valence-electron chi connectivity index (χ0n) is 15.0. The van der Waals surface area contributed by atoms with Crippen LogP contribution in [0.15, 0.2) is 36.9 Å². The Labute approximate surface area is 166 Å². The zero-order chi connectivity index (χ0) is 17.9. The lowest BCUT2D eigenvalue weighted by atomic mass is 10.1. The van der Waals surface area contributed by atoms with Gasteiger partial charge >= 0.3 is 0 Å². The molecule has 1 atom stereocenters. The van der Waals surface area contributed by atoms with Crippen molar-refractivity contribution in [3.63, 3.8) is 0 Å². The Balaban J connectivity index is 1.82. The lowest BCUT2D eigenvalue weighted by Crippen LogP contribution is -2.08. The number of hydrogen-bond acceptors (Lipinski definition) is 2. The molecule has 1 unspecified atom stereocenters.